The molecule has 0 aromatic heterocycles. The normalized spacial score (nSPS) is 10.4. The first-order chi connectivity index (χ1) is 12.9. The molecular formula is C24H36AlCl4Re-. The van der Waals surface area contributed by atoms with Crippen LogP contribution in [0.4, 0.5) is 0 Å². The Bertz CT molecular complexity index is 601. The Morgan fingerprint density at radius 1 is 0.300 bits per heavy atom. The summed E-state index contributed by atoms with van der Waals surface area (Å²) < 4.78 is 0. The fourth-order valence-electron chi connectivity index (χ4n) is 3.38. The van der Waals surface area contributed by atoms with E-state index in [-0.39, 0.29) is 20.4 Å². The van der Waals surface area contributed by atoms with Crippen LogP contribution in [0.5, 0.6) is 0 Å². The van der Waals surface area contributed by atoms with Crippen LogP contribution in [0.1, 0.15) is 66.8 Å². The van der Waals surface area contributed by atoms with Crippen LogP contribution in [-0.2, 0) is 20.4 Å². The monoisotopic (exact) mass is 678 g/mol. The van der Waals surface area contributed by atoms with Crippen LogP contribution in [0.25, 0.3) is 0 Å². The summed E-state index contributed by atoms with van der Waals surface area (Å²) in [5, 5.41) is 0. The second-order valence-electron chi connectivity index (χ2n) is 7.99. The van der Waals surface area contributed by atoms with Gasteiger partial charge in [0.2, 0.25) is 0 Å². The van der Waals surface area contributed by atoms with Gasteiger partial charge in [-0.1, -0.05) is 0 Å². The van der Waals surface area contributed by atoms with E-state index in [0.29, 0.717) is 0 Å². The molecule has 0 amide bonds. The minimum Gasteiger partial charge on any atom is -0.391 e. The van der Waals surface area contributed by atoms with Crippen LogP contribution < -0.4 is 0 Å². The molecule has 30 heavy (non-hydrogen) atoms. The first kappa shape index (κ1) is 33.0. The number of hydrogen-bond acceptors (Lipinski definition) is 0. The molecule has 0 saturated heterocycles. The Hall–Kier alpha value is 0.795. The molecule has 0 atom stereocenters. The first-order valence-electron chi connectivity index (χ1n) is 9.87. The van der Waals surface area contributed by atoms with E-state index in [1.165, 1.54) is 66.8 Å². The zero-order chi connectivity index (χ0) is 23.4. The van der Waals surface area contributed by atoms with Gasteiger partial charge in [0.1, 0.15) is 0 Å². The maximum Gasteiger partial charge on any atom is 0.564 e. The third-order valence-electron chi connectivity index (χ3n) is 6.75. The molecule has 0 saturated carbocycles. The van der Waals surface area contributed by atoms with Gasteiger partial charge in [-0.15, -0.1) is 0 Å². The molecule has 0 fully saturated rings. The Morgan fingerprint density at radius 3 is 0.367 bits per heavy atom. The van der Waals surface area contributed by atoms with E-state index in [4.69, 9.17) is 40.2 Å². The van der Waals surface area contributed by atoms with Crippen molar-refractivity contribution in [3.63, 3.8) is 0 Å². The predicted molar refractivity (Wildman–Crippen MR) is 139 cm³/mol. The minimum absolute atomic E-state index is 0. The molecule has 2 aromatic rings. The standard InChI is InChI=1S/2C12H18.Al.4ClH.Re/c2*1-7-8(2)10(4)12(6)11(5)9(7)3;;;;;;/h2*1-6H3;;4*1H;/q;;+3;;;;;/p-4. The van der Waals surface area contributed by atoms with Gasteiger partial charge in [0.05, 0.1) is 0 Å². The number of hydrogen-bond donors (Lipinski definition) is 0. The maximum atomic E-state index is 4.99. The van der Waals surface area contributed by atoms with Crippen LogP contribution in [0.2, 0.25) is 0 Å². The summed E-state index contributed by atoms with van der Waals surface area (Å²) in [6, 6.07) is 0. The zero-order valence-corrected chi connectivity index (χ0v) is 27.4. The number of benzene rings is 2. The second kappa shape index (κ2) is 13.5. The van der Waals surface area contributed by atoms with E-state index in [1.54, 1.807) is 0 Å². The van der Waals surface area contributed by atoms with E-state index >= 15 is 0 Å². The average Bonchev–Trinajstić information content (AvgIpc) is 2.64. The topological polar surface area (TPSA) is 0 Å². The third-order valence-corrected chi connectivity index (χ3v) is 6.75. The fourth-order valence-corrected chi connectivity index (χ4v) is 3.38. The second-order valence-corrected chi connectivity index (χ2v) is 20.9. The van der Waals surface area contributed by atoms with E-state index in [1.807, 2.05) is 0 Å². The van der Waals surface area contributed by atoms with Crippen LogP contribution in [0.15, 0.2) is 0 Å². The Balaban J connectivity index is 0. The Labute approximate surface area is 218 Å². The number of rotatable bonds is 0. The quantitative estimate of drug-likeness (QED) is 0.244. The molecule has 2 aromatic carbocycles. The molecule has 0 N–H and O–H groups in total. The van der Waals surface area contributed by atoms with Crippen LogP contribution in [0.3, 0.4) is 0 Å². The van der Waals surface area contributed by atoms with Gasteiger partial charge in [0.25, 0.3) is 0 Å². The fraction of sp³-hybridized carbons (Fsp3) is 0.500. The first-order valence-corrected chi connectivity index (χ1v) is 16.9. The average molecular weight is 680 g/mol. The predicted octanol–water partition coefficient (Wildman–Crippen LogP) is 9.45. The smallest absolute Gasteiger partial charge is 0.391 e. The molecule has 0 unspecified atom stereocenters. The van der Waals surface area contributed by atoms with Gasteiger partial charge in [0, 0.05) is 20.4 Å². The van der Waals surface area contributed by atoms with Crippen molar-refractivity contribution in [1.29, 1.82) is 0 Å². The van der Waals surface area contributed by atoms with E-state index in [2.05, 4.69) is 83.1 Å². The third kappa shape index (κ3) is 9.34. The summed E-state index contributed by atoms with van der Waals surface area (Å²) in [6.07, 6.45) is 0. The van der Waals surface area contributed by atoms with Crippen molar-refractivity contribution in [1.82, 2.24) is 0 Å². The van der Waals surface area contributed by atoms with Gasteiger partial charge >= 0.3 is 9.39 Å². The zero-order valence-electron chi connectivity index (χ0n) is 20.5. The largest absolute Gasteiger partial charge is 0.564 e. The molecule has 6 heteroatoms. The molecule has 0 heterocycles. The summed E-state index contributed by atoms with van der Waals surface area (Å²) in [7, 11) is 17.0. The van der Waals surface area contributed by atoms with Crippen molar-refractivity contribution in [2.75, 3.05) is 0 Å². The molecule has 171 valence electrons. The van der Waals surface area contributed by atoms with Crippen molar-refractivity contribution in [2.45, 2.75) is 83.1 Å². The van der Waals surface area contributed by atoms with Crippen molar-refractivity contribution >= 4 is 49.6 Å². The van der Waals surface area contributed by atoms with Gasteiger partial charge < -0.3 is 40.2 Å². The molecule has 0 aliphatic carbocycles. The van der Waals surface area contributed by atoms with E-state index in [0.717, 1.165) is 0 Å². The van der Waals surface area contributed by atoms with Crippen molar-refractivity contribution in [2.24, 2.45) is 0 Å². The van der Waals surface area contributed by atoms with Crippen LogP contribution in [-0.4, -0.2) is 9.39 Å². The van der Waals surface area contributed by atoms with Crippen LogP contribution >= 0.6 is 40.2 Å². The Morgan fingerprint density at radius 2 is 0.333 bits per heavy atom. The molecule has 0 spiro atoms. The molecule has 0 bridgehead atoms. The van der Waals surface area contributed by atoms with Gasteiger partial charge in [-0.3, -0.25) is 0 Å². The maximum absolute atomic E-state index is 4.99. The van der Waals surface area contributed by atoms with Crippen LogP contribution in [0, 0.1) is 83.1 Å². The molecular weight excluding hydrogens is 643 g/mol. The van der Waals surface area contributed by atoms with E-state index < -0.39 is 9.39 Å². The SMILES string of the molecule is Cc1c(C)c(C)c(C)c(C)c1C.Cc1c(C)c(C)c(C)c(C)c1C.[Cl][Al-]([Cl])([Cl])[Cl].[Re]. The van der Waals surface area contributed by atoms with Crippen molar-refractivity contribution < 1.29 is 20.4 Å². The number of halogens is 4. The Kier molecular flexibility index (Phi) is 14.8. The minimum atomic E-state index is -2.94. The van der Waals surface area contributed by atoms with E-state index in [9.17, 15) is 0 Å². The molecule has 2 rings (SSSR count). The summed E-state index contributed by atoms with van der Waals surface area (Å²) in [6.45, 7) is 26.5. The molecule has 0 nitrogen and oxygen atoms in total. The van der Waals surface area contributed by atoms with Crippen molar-refractivity contribution in [3.05, 3.63) is 66.8 Å². The molecule has 0 aliphatic rings. The summed E-state index contributed by atoms with van der Waals surface area (Å²) in [5.41, 5.74) is 17.5. The van der Waals surface area contributed by atoms with Gasteiger partial charge in [-0.25, -0.2) is 0 Å². The molecule has 1 radical (unpaired) electrons. The van der Waals surface area contributed by atoms with Gasteiger partial charge in [0.15, 0.2) is 0 Å². The van der Waals surface area contributed by atoms with Gasteiger partial charge in [-0.05, 0) is 150 Å². The molecule has 0 aliphatic heterocycles. The summed E-state index contributed by atoms with van der Waals surface area (Å²) in [4.78, 5) is 0. The van der Waals surface area contributed by atoms with Crippen molar-refractivity contribution in [3.8, 4) is 0 Å². The summed E-state index contributed by atoms with van der Waals surface area (Å²) >= 11 is 0. The van der Waals surface area contributed by atoms with Gasteiger partial charge in [-0.2, -0.15) is 0 Å². The summed E-state index contributed by atoms with van der Waals surface area (Å²) in [5.74, 6) is 0.